The van der Waals surface area contributed by atoms with Crippen molar-refractivity contribution in [3.8, 4) is 0 Å². The van der Waals surface area contributed by atoms with Crippen molar-refractivity contribution in [1.82, 2.24) is 9.88 Å². The number of carbonyl (C=O) groups excluding carboxylic acids is 1. The first-order valence-electron chi connectivity index (χ1n) is 5.86. The lowest BCUT2D eigenvalue weighted by Gasteiger charge is -2.37. The Hall–Kier alpha value is -1.60. The topological polar surface area (TPSA) is 62.7 Å². The molecule has 1 aliphatic heterocycles. The number of halogens is 2. The molecular weight excluding hydrogens is 258 g/mol. The maximum Gasteiger partial charge on any atom is 0.279 e. The van der Waals surface area contributed by atoms with Gasteiger partial charge in [0.15, 0.2) is 0 Å². The van der Waals surface area contributed by atoms with Crippen LogP contribution in [0.4, 0.5) is 8.78 Å². The lowest BCUT2D eigenvalue weighted by atomic mass is 10.1. The van der Waals surface area contributed by atoms with Crippen LogP contribution in [0.25, 0.3) is 0 Å². The number of aliphatic hydroxyl groups excluding tert-OH is 1. The molecule has 1 saturated heterocycles. The van der Waals surface area contributed by atoms with Crippen LogP contribution in [0.2, 0.25) is 0 Å². The summed E-state index contributed by atoms with van der Waals surface area (Å²) in [5.74, 6) is -2.53. The standard InChI is InChI=1S/C12H14F2N2O3/c1-6-5-16(11(17)12(18)19-6)7(2)8-3-4-9(13)15-10(8)14/h3-4,6-7,12,18H,5H2,1-2H3/t6?,7-,12?/m0/s1. The predicted octanol–water partition coefficient (Wildman–Crippen LogP) is 0.986. The molecule has 1 aromatic heterocycles. The molecule has 1 aliphatic rings. The third kappa shape index (κ3) is 2.71. The molecule has 0 aromatic carbocycles. The van der Waals surface area contributed by atoms with Crippen LogP contribution >= 0.6 is 0 Å². The van der Waals surface area contributed by atoms with Gasteiger partial charge in [0.05, 0.1) is 12.1 Å². The van der Waals surface area contributed by atoms with Crippen molar-refractivity contribution in [2.24, 2.45) is 0 Å². The molecule has 1 aromatic rings. The number of amides is 1. The summed E-state index contributed by atoms with van der Waals surface area (Å²) in [6, 6.07) is 1.60. The van der Waals surface area contributed by atoms with E-state index in [0.717, 1.165) is 6.07 Å². The number of ether oxygens (including phenoxy) is 1. The molecule has 104 valence electrons. The van der Waals surface area contributed by atoms with Crippen LogP contribution in [0.3, 0.4) is 0 Å². The molecule has 1 amide bonds. The first kappa shape index (κ1) is 13.8. The maximum atomic E-state index is 13.6. The van der Waals surface area contributed by atoms with Crippen molar-refractivity contribution in [2.75, 3.05) is 6.54 Å². The SMILES string of the molecule is CC1CN([C@@H](C)c2ccc(F)nc2F)C(=O)C(O)O1. The average molecular weight is 272 g/mol. The number of aliphatic hydroxyl groups is 1. The molecule has 19 heavy (non-hydrogen) atoms. The quantitative estimate of drug-likeness (QED) is 0.815. The van der Waals surface area contributed by atoms with E-state index in [2.05, 4.69) is 4.98 Å². The molecule has 0 radical (unpaired) electrons. The fourth-order valence-electron chi connectivity index (χ4n) is 2.08. The van der Waals surface area contributed by atoms with Gasteiger partial charge in [-0.15, -0.1) is 0 Å². The normalized spacial score (nSPS) is 25.5. The van der Waals surface area contributed by atoms with Crippen molar-refractivity contribution in [2.45, 2.75) is 32.3 Å². The Labute approximate surface area is 108 Å². The summed E-state index contributed by atoms with van der Waals surface area (Å²) >= 11 is 0. The zero-order valence-corrected chi connectivity index (χ0v) is 10.5. The third-order valence-corrected chi connectivity index (χ3v) is 3.07. The molecule has 2 rings (SSSR count). The van der Waals surface area contributed by atoms with Gasteiger partial charge in [0.1, 0.15) is 0 Å². The summed E-state index contributed by atoms with van der Waals surface area (Å²) in [6.07, 6.45) is -1.92. The number of rotatable bonds is 2. The van der Waals surface area contributed by atoms with Crippen LogP contribution in [-0.2, 0) is 9.53 Å². The molecule has 2 heterocycles. The molecule has 0 aliphatic carbocycles. The summed E-state index contributed by atoms with van der Waals surface area (Å²) in [5.41, 5.74) is 0.0936. The molecule has 2 unspecified atom stereocenters. The summed E-state index contributed by atoms with van der Waals surface area (Å²) in [4.78, 5) is 16.2. The minimum absolute atomic E-state index is 0.0936. The van der Waals surface area contributed by atoms with E-state index in [-0.39, 0.29) is 18.2 Å². The number of aromatic nitrogens is 1. The van der Waals surface area contributed by atoms with Gasteiger partial charge in [-0.05, 0) is 26.0 Å². The first-order chi connectivity index (χ1) is 8.90. The van der Waals surface area contributed by atoms with Crippen LogP contribution < -0.4 is 0 Å². The van der Waals surface area contributed by atoms with E-state index in [0.29, 0.717) is 0 Å². The van der Waals surface area contributed by atoms with E-state index in [1.807, 2.05) is 0 Å². The van der Waals surface area contributed by atoms with Gasteiger partial charge in [-0.25, -0.2) is 0 Å². The van der Waals surface area contributed by atoms with Crippen molar-refractivity contribution in [3.63, 3.8) is 0 Å². The van der Waals surface area contributed by atoms with Crippen LogP contribution in [0.1, 0.15) is 25.5 Å². The molecule has 3 atom stereocenters. The number of nitrogens with zero attached hydrogens (tertiary/aromatic N) is 2. The summed E-state index contributed by atoms with van der Waals surface area (Å²) < 4.78 is 31.3. The molecule has 5 nitrogen and oxygen atoms in total. The number of carbonyl (C=O) groups is 1. The highest BCUT2D eigenvalue weighted by molar-refractivity contribution is 5.80. The Morgan fingerprint density at radius 1 is 1.53 bits per heavy atom. The monoisotopic (exact) mass is 272 g/mol. The lowest BCUT2D eigenvalue weighted by Crippen LogP contribution is -2.51. The molecule has 1 fully saturated rings. The van der Waals surface area contributed by atoms with Gasteiger partial charge < -0.3 is 14.7 Å². The van der Waals surface area contributed by atoms with Gasteiger partial charge in [-0.2, -0.15) is 13.8 Å². The van der Waals surface area contributed by atoms with Gasteiger partial charge in [0, 0.05) is 12.1 Å². The summed E-state index contributed by atoms with van der Waals surface area (Å²) in [7, 11) is 0. The second-order valence-electron chi connectivity index (χ2n) is 4.48. The number of pyridine rings is 1. The fraction of sp³-hybridized carbons (Fsp3) is 0.500. The minimum atomic E-state index is -1.55. The lowest BCUT2D eigenvalue weighted by molar-refractivity contribution is -0.200. The second kappa shape index (κ2) is 5.18. The fourth-order valence-corrected chi connectivity index (χ4v) is 2.08. The highest BCUT2D eigenvalue weighted by Crippen LogP contribution is 2.26. The van der Waals surface area contributed by atoms with Crippen molar-refractivity contribution in [3.05, 3.63) is 29.6 Å². The Balaban J connectivity index is 2.27. The minimum Gasteiger partial charge on any atom is -0.360 e. The number of hydrogen-bond donors (Lipinski definition) is 1. The Bertz CT molecular complexity index is 498. The van der Waals surface area contributed by atoms with E-state index in [1.54, 1.807) is 13.8 Å². The molecule has 0 spiro atoms. The van der Waals surface area contributed by atoms with E-state index in [4.69, 9.17) is 4.74 Å². The molecule has 7 heteroatoms. The molecule has 0 bridgehead atoms. The molecular formula is C12H14F2N2O3. The van der Waals surface area contributed by atoms with Gasteiger partial charge >= 0.3 is 0 Å². The smallest absolute Gasteiger partial charge is 0.279 e. The van der Waals surface area contributed by atoms with E-state index in [1.165, 1.54) is 11.0 Å². The molecule has 0 saturated carbocycles. The second-order valence-corrected chi connectivity index (χ2v) is 4.48. The average Bonchev–Trinajstić information content (AvgIpc) is 2.33. The first-order valence-corrected chi connectivity index (χ1v) is 5.86. The van der Waals surface area contributed by atoms with Crippen LogP contribution in [0.15, 0.2) is 12.1 Å². The van der Waals surface area contributed by atoms with Crippen molar-refractivity contribution >= 4 is 5.91 Å². The van der Waals surface area contributed by atoms with Crippen molar-refractivity contribution in [1.29, 1.82) is 0 Å². The molecule has 1 N–H and O–H groups in total. The Morgan fingerprint density at radius 3 is 2.84 bits per heavy atom. The van der Waals surface area contributed by atoms with Gasteiger partial charge in [0.25, 0.3) is 5.91 Å². The Morgan fingerprint density at radius 2 is 2.21 bits per heavy atom. The third-order valence-electron chi connectivity index (χ3n) is 3.07. The van der Waals surface area contributed by atoms with Gasteiger partial charge in [-0.3, -0.25) is 4.79 Å². The van der Waals surface area contributed by atoms with Crippen molar-refractivity contribution < 1.29 is 23.4 Å². The van der Waals surface area contributed by atoms with Gasteiger partial charge in [0.2, 0.25) is 18.2 Å². The Kier molecular flexibility index (Phi) is 3.77. The maximum absolute atomic E-state index is 13.6. The zero-order valence-electron chi connectivity index (χ0n) is 10.5. The predicted molar refractivity (Wildman–Crippen MR) is 60.8 cm³/mol. The van der Waals surface area contributed by atoms with E-state index < -0.39 is 30.1 Å². The van der Waals surface area contributed by atoms with E-state index in [9.17, 15) is 18.7 Å². The highest BCUT2D eigenvalue weighted by Gasteiger charge is 2.35. The summed E-state index contributed by atoms with van der Waals surface area (Å²) in [6.45, 7) is 3.49. The van der Waals surface area contributed by atoms with Crippen LogP contribution in [0.5, 0.6) is 0 Å². The van der Waals surface area contributed by atoms with Crippen LogP contribution in [0, 0.1) is 11.9 Å². The highest BCUT2D eigenvalue weighted by atomic mass is 19.1. The van der Waals surface area contributed by atoms with Crippen LogP contribution in [-0.4, -0.2) is 39.8 Å². The zero-order chi connectivity index (χ0) is 14.2. The number of morpholine rings is 1. The van der Waals surface area contributed by atoms with E-state index >= 15 is 0 Å². The summed E-state index contributed by atoms with van der Waals surface area (Å²) in [5, 5.41) is 9.44. The number of hydrogen-bond acceptors (Lipinski definition) is 4. The largest absolute Gasteiger partial charge is 0.360 e. The van der Waals surface area contributed by atoms with Gasteiger partial charge in [-0.1, -0.05) is 0 Å².